The molecule has 0 aromatic heterocycles. The minimum absolute atomic E-state index is 0.110. The Labute approximate surface area is 257 Å². The normalized spacial score (nSPS) is 17.5. The summed E-state index contributed by atoms with van der Waals surface area (Å²) in [5.41, 5.74) is 6.39. The van der Waals surface area contributed by atoms with Crippen LogP contribution < -0.4 is 14.8 Å². The van der Waals surface area contributed by atoms with Gasteiger partial charge in [-0.2, -0.15) is 0 Å². The maximum atomic E-state index is 6.71. The smallest absolute Gasteiger partial charge is 0.132 e. The first-order valence-electron chi connectivity index (χ1n) is 15.2. The molecule has 4 aromatic rings. The second kappa shape index (κ2) is 13.2. The summed E-state index contributed by atoms with van der Waals surface area (Å²) in [5, 5.41) is 3.57. The molecule has 1 N–H and O–H groups in total. The molecular formula is C38H45NO4. The molecule has 1 aliphatic heterocycles. The number of hydrogen-bond acceptors (Lipinski definition) is 5. The minimum Gasteiger partial charge on any atom is -0.497 e. The largest absolute Gasteiger partial charge is 0.497 e. The molecule has 0 radical (unpaired) electrons. The number of anilines is 1. The summed E-state index contributed by atoms with van der Waals surface area (Å²) in [7, 11) is 1.68. The van der Waals surface area contributed by atoms with E-state index in [4.69, 9.17) is 18.9 Å². The van der Waals surface area contributed by atoms with Crippen LogP contribution in [0.3, 0.4) is 0 Å². The summed E-state index contributed by atoms with van der Waals surface area (Å²) in [5.74, 6) is 1.68. The SMILES string of the molecule is COc1ccc(CNc2ccc3c(c2)C(OCCc2ccccc2)C(OCc2ccc(C(C)(C)C)cc2)C(C)(C)O3)cc1. The van der Waals surface area contributed by atoms with Crippen LogP contribution in [0.15, 0.2) is 97.1 Å². The lowest BCUT2D eigenvalue weighted by atomic mass is 9.86. The third-order valence-electron chi connectivity index (χ3n) is 8.09. The van der Waals surface area contributed by atoms with Crippen LogP contribution in [0.2, 0.25) is 0 Å². The van der Waals surface area contributed by atoms with E-state index in [9.17, 15) is 0 Å². The summed E-state index contributed by atoms with van der Waals surface area (Å²) in [6.07, 6.45) is 0.221. The molecule has 2 unspecified atom stereocenters. The maximum Gasteiger partial charge on any atom is 0.132 e. The van der Waals surface area contributed by atoms with Gasteiger partial charge in [-0.15, -0.1) is 0 Å². The molecule has 1 aliphatic rings. The fourth-order valence-electron chi connectivity index (χ4n) is 5.49. The molecule has 0 amide bonds. The van der Waals surface area contributed by atoms with Crippen molar-refractivity contribution in [3.05, 3.63) is 125 Å². The molecule has 4 aromatic carbocycles. The van der Waals surface area contributed by atoms with Crippen LogP contribution in [-0.2, 0) is 34.5 Å². The molecule has 0 saturated heterocycles. The van der Waals surface area contributed by atoms with Gasteiger partial charge in [0.05, 0.1) is 20.3 Å². The van der Waals surface area contributed by atoms with Gasteiger partial charge in [0, 0.05) is 17.8 Å². The van der Waals surface area contributed by atoms with Gasteiger partial charge in [0.1, 0.15) is 29.3 Å². The molecule has 2 atom stereocenters. The van der Waals surface area contributed by atoms with Crippen molar-refractivity contribution in [2.24, 2.45) is 0 Å². The number of fused-ring (bicyclic) bond motifs is 1. The van der Waals surface area contributed by atoms with Crippen LogP contribution in [0.1, 0.15) is 68.5 Å². The summed E-state index contributed by atoms with van der Waals surface area (Å²) < 4.78 is 25.3. The summed E-state index contributed by atoms with van der Waals surface area (Å²) in [4.78, 5) is 0. The second-order valence-corrected chi connectivity index (χ2v) is 12.9. The van der Waals surface area contributed by atoms with Crippen molar-refractivity contribution in [2.75, 3.05) is 19.0 Å². The van der Waals surface area contributed by atoms with E-state index >= 15 is 0 Å². The highest BCUT2D eigenvalue weighted by molar-refractivity contribution is 5.54. The van der Waals surface area contributed by atoms with Crippen LogP contribution >= 0.6 is 0 Å². The summed E-state index contributed by atoms with van der Waals surface area (Å²) >= 11 is 0. The van der Waals surface area contributed by atoms with E-state index in [-0.39, 0.29) is 17.6 Å². The third-order valence-corrected chi connectivity index (χ3v) is 8.09. The molecule has 0 saturated carbocycles. The fraction of sp³-hybridized carbons (Fsp3) is 0.368. The molecule has 5 rings (SSSR count). The van der Waals surface area contributed by atoms with Gasteiger partial charge >= 0.3 is 0 Å². The van der Waals surface area contributed by atoms with Crippen LogP contribution in [0.5, 0.6) is 11.5 Å². The fourth-order valence-corrected chi connectivity index (χ4v) is 5.49. The molecule has 0 fully saturated rings. The van der Waals surface area contributed by atoms with Crippen molar-refractivity contribution < 1.29 is 18.9 Å². The van der Waals surface area contributed by atoms with E-state index in [1.165, 1.54) is 16.7 Å². The molecular weight excluding hydrogens is 534 g/mol. The van der Waals surface area contributed by atoms with E-state index < -0.39 is 5.60 Å². The highest BCUT2D eigenvalue weighted by atomic mass is 16.6. The predicted molar refractivity (Wildman–Crippen MR) is 174 cm³/mol. The van der Waals surface area contributed by atoms with Crippen LogP contribution in [-0.4, -0.2) is 25.4 Å². The van der Waals surface area contributed by atoms with Crippen LogP contribution in [0.25, 0.3) is 0 Å². The Morgan fingerprint density at radius 3 is 2.16 bits per heavy atom. The Hall–Kier alpha value is -3.80. The first-order chi connectivity index (χ1) is 20.6. The van der Waals surface area contributed by atoms with Gasteiger partial charge in [-0.1, -0.05) is 87.5 Å². The van der Waals surface area contributed by atoms with Crippen molar-refractivity contribution in [3.8, 4) is 11.5 Å². The first kappa shape index (κ1) is 30.7. The van der Waals surface area contributed by atoms with E-state index in [0.717, 1.165) is 34.7 Å². The molecule has 226 valence electrons. The van der Waals surface area contributed by atoms with Gasteiger partial charge < -0.3 is 24.3 Å². The van der Waals surface area contributed by atoms with Gasteiger partial charge in [0.25, 0.3) is 0 Å². The van der Waals surface area contributed by atoms with Crippen molar-refractivity contribution in [3.63, 3.8) is 0 Å². The van der Waals surface area contributed by atoms with Crippen LogP contribution in [0.4, 0.5) is 5.69 Å². The van der Waals surface area contributed by atoms with Gasteiger partial charge in [-0.25, -0.2) is 0 Å². The molecule has 43 heavy (non-hydrogen) atoms. The van der Waals surface area contributed by atoms with Crippen molar-refractivity contribution in [1.82, 2.24) is 0 Å². The Bertz CT molecular complexity index is 1460. The lowest BCUT2D eigenvalue weighted by molar-refractivity contribution is -0.167. The average Bonchev–Trinajstić information content (AvgIpc) is 3.00. The monoisotopic (exact) mass is 579 g/mol. The lowest BCUT2D eigenvalue weighted by Crippen LogP contribution is -2.51. The van der Waals surface area contributed by atoms with Crippen molar-refractivity contribution >= 4 is 5.69 Å². The molecule has 0 aliphatic carbocycles. The maximum absolute atomic E-state index is 6.71. The molecule has 0 bridgehead atoms. The quantitative estimate of drug-likeness (QED) is 0.193. The Morgan fingerprint density at radius 1 is 0.791 bits per heavy atom. The zero-order chi connectivity index (χ0) is 30.5. The zero-order valence-corrected chi connectivity index (χ0v) is 26.4. The number of hydrogen-bond donors (Lipinski definition) is 1. The molecule has 5 nitrogen and oxygen atoms in total. The summed E-state index contributed by atoms with van der Waals surface area (Å²) in [6.45, 7) is 12.6. The number of nitrogens with one attached hydrogen (secondary N) is 1. The number of rotatable bonds is 11. The van der Waals surface area contributed by atoms with E-state index in [2.05, 4.69) is 113 Å². The zero-order valence-electron chi connectivity index (χ0n) is 26.4. The summed E-state index contributed by atoms with van der Waals surface area (Å²) in [6, 6.07) is 33.6. The first-order valence-corrected chi connectivity index (χ1v) is 15.2. The van der Waals surface area contributed by atoms with Gasteiger partial charge in [-0.05, 0) is 78.3 Å². The standard InChI is InChI=1S/C38H45NO4/c1-37(2,3)30-16-12-29(13-17-30)26-42-36-35(41-23-22-27-10-8-7-9-11-27)33-24-31(18-21-34(33)43-38(36,4)5)39-25-28-14-19-32(40-6)20-15-28/h7-21,24,35-36,39H,22-23,25-26H2,1-6H3. The number of benzene rings is 4. The number of ether oxygens (including phenoxy) is 4. The van der Waals surface area contributed by atoms with Gasteiger partial charge in [0.15, 0.2) is 0 Å². The highest BCUT2D eigenvalue weighted by Gasteiger charge is 2.45. The van der Waals surface area contributed by atoms with Crippen molar-refractivity contribution in [1.29, 1.82) is 0 Å². The van der Waals surface area contributed by atoms with Crippen molar-refractivity contribution in [2.45, 2.75) is 77.4 Å². The highest BCUT2D eigenvalue weighted by Crippen LogP contribution is 2.44. The van der Waals surface area contributed by atoms with Gasteiger partial charge in [-0.3, -0.25) is 0 Å². The second-order valence-electron chi connectivity index (χ2n) is 12.9. The Balaban J connectivity index is 1.37. The van der Waals surface area contributed by atoms with E-state index in [1.54, 1.807) is 7.11 Å². The predicted octanol–water partition coefficient (Wildman–Crippen LogP) is 8.66. The molecule has 1 heterocycles. The Kier molecular flexibility index (Phi) is 9.43. The van der Waals surface area contributed by atoms with Crippen LogP contribution in [0, 0.1) is 0 Å². The molecule has 0 spiro atoms. The number of methoxy groups -OCH3 is 1. The van der Waals surface area contributed by atoms with E-state index in [0.29, 0.717) is 19.8 Å². The Morgan fingerprint density at radius 2 is 1.49 bits per heavy atom. The molecule has 5 heteroatoms. The third kappa shape index (κ3) is 7.78. The lowest BCUT2D eigenvalue weighted by Gasteiger charge is -2.44. The van der Waals surface area contributed by atoms with E-state index in [1.807, 2.05) is 24.3 Å². The topological polar surface area (TPSA) is 49.0 Å². The average molecular weight is 580 g/mol. The van der Waals surface area contributed by atoms with Gasteiger partial charge in [0.2, 0.25) is 0 Å². The minimum atomic E-state index is -0.589.